The Kier molecular flexibility index (Phi) is 4.98. The summed E-state index contributed by atoms with van der Waals surface area (Å²) in [6.45, 7) is 0. The minimum absolute atomic E-state index is 0.145. The van der Waals surface area contributed by atoms with Gasteiger partial charge in [0, 0.05) is 17.6 Å². The molecule has 2 rings (SSSR count). The van der Waals surface area contributed by atoms with Crippen molar-refractivity contribution < 1.29 is 9.13 Å². The van der Waals surface area contributed by atoms with Gasteiger partial charge in [-0.05, 0) is 44.0 Å². The molecule has 1 aliphatic carbocycles. The maximum Gasteiger partial charge on any atom is 0.127 e. The van der Waals surface area contributed by atoms with Crippen LogP contribution in [0, 0.1) is 5.82 Å². The second kappa shape index (κ2) is 6.33. The minimum atomic E-state index is -0.154. The third-order valence-corrected chi connectivity index (χ3v) is 4.77. The lowest BCUT2D eigenvalue weighted by molar-refractivity contribution is -0.0338. The molecule has 1 aromatic carbocycles. The first kappa shape index (κ1) is 14.9. The van der Waals surface area contributed by atoms with Gasteiger partial charge in [-0.1, -0.05) is 34.8 Å². The lowest BCUT2D eigenvalue weighted by Crippen LogP contribution is -2.50. The molecule has 1 unspecified atom stereocenters. The van der Waals surface area contributed by atoms with E-state index in [1.165, 1.54) is 18.9 Å². The zero-order valence-corrected chi connectivity index (χ0v) is 13.1. The van der Waals surface area contributed by atoms with Crippen LogP contribution in [0.5, 0.6) is 0 Å². The highest BCUT2D eigenvalue weighted by molar-refractivity contribution is 9.10. The molecule has 0 bridgehead atoms. The van der Waals surface area contributed by atoms with E-state index in [1.807, 2.05) is 19.2 Å². The molecule has 106 valence electrons. The zero-order valence-electron chi connectivity index (χ0n) is 11.5. The molecule has 2 nitrogen and oxygen atoms in total. The molecule has 1 aliphatic rings. The second-order valence-corrected chi connectivity index (χ2v) is 6.17. The lowest BCUT2D eigenvalue weighted by atomic mass is 9.87. The average molecular weight is 330 g/mol. The second-order valence-electron chi connectivity index (χ2n) is 5.26. The van der Waals surface area contributed by atoms with Crippen LogP contribution in [0.1, 0.15) is 31.2 Å². The number of likely N-dealkylation sites (N-methyl/N-ethyl adjacent to an activating group) is 1. The molecule has 1 aromatic rings. The molecule has 4 heteroatoms. The van der Waals surface area contributed by atoms with Gasteiger partial charge in [-0.2, -0.15) is 0 Å². The van der Waals surface area contributed by atoms with Crippen molar-refractivity contribution in [3.63, 3.8) is 0 Å². The summed E-state index contributed by atoms with van der Waals surface area (Å²) in [6.07, 6.45) is 5.13. The smallest absolute Gasteiger partial charge is 0.127 e. The molecule has 0 amide bonds. The number of benzene rings is 1. The monoisotopic (exact) mass is 329 g/mol. The van der Waals surface area contributed by atoms with Crippen LogP contribution >= 0.6 is 15.9 Å². The summed E-state index contributed by atoms with van der Waals surface area (Å²) in [5.41, 5.74) is 0.597. The van der Waals surface area contributed by atoms with Crippen LogP contribution in [-0.4, -0.2) is 25.8 Å². The summed E-state index contributed by atoms with van der Waals surface area (Å²) in [6, 6.07) is 5.41. The quantitative estimate of drug-likeness (QED) is 0.889. The molecule has 1 N–H and O–H groups in total. The van der Waals surface area contributed by atoms with Crippen molar-refractivity contribution in [2.75, 3.05) is 14.2 Å². The van der Waals surface area contributed by atoms with Gasteiger partial charge in [0.25, 0.3) is 0 Å². The normalized spacial score (nSPS) is 19.6. The van der Waals surface area contributed by atoms with Crippen molar-refractivity contribution in [2.24, 2.45) is 0 Å². The molecular formula is C15H21BrFNO. The zero-order chi connectivity index (χ0) is 13.9. The highest BCUT2D eigenvalue weighted by Gasteiger charge is 2.41. The first-order valence-electron chi connectivity index (χ1n) is 6.77. The van der Waals surface area contributed by atoms with Gasteiger partial charge >= 0.3 is 0 Å². The SMILES string of the molecule is CNC(Cc1ccc(Br)cc1F)C1(OC)CCCC1. The minimum Gasteiger partial charge on any atom is -0.377 e. The molecule has 0 saturated heterocycles. The summed E-state index contributed by atoms with van der Waals surface area (Å²) in [7, 11) is 3.70. The summed E-state index contributed by atoms with van der Waals surface area (Å²) in [5.74, 6) is -0.154. The van der Waals surface area contributed by atoms with E-state index in [0.717, 1.165) is 22.9 Å². The summed E-state index contributed by atoms with van der Waals surface area (Å²) in [4.78, 5) is 0. The number of nitrogens with one attached hydrogen (secondary N) is 1. The maximum atomic E-state index is 14.0. The van der Waals surface area contributed by atoms with Crippen molar-refractivity contribution in [3.05, 3.63) is 34.1 Å². The van der Waals surface area contributed by atoms with E-state index in [-0.39, 0.29) is 17.5 Å². The third kappa shape index (κ3) is 3.18. The number of rotatable bonds is 5. The number of hydrogen-bond acceptors (Lipinski definition) is 2. The molecular weight excluding hydrogens is 309 g/mol. The molecule has 1 saturated carbocycles. The van der Waals surface area contributed by atoms with Crippen molar-refractivity contribution >= 4 is 15.9 Å². The summed E-state index contributed by atoms with van der Waals surface area (Å²) in [5, 5.41) is 3.32. The standard InChI is InChI=1S/C15H21BrFNO/c1-18-14(15(19-2)7-3-4-8-15)9-11-5-6-12(16)10-13(11)17/h5-6,10,14,18H,3-4,7-9H2,1-2H3. The highest BCUT2D eigenvalue weighted by Crippen LogP contribution is 2.37. The number of hydrogen-bond donors (Lipinski definition) is 1. The van der Waals surface area contributed by atoms with Crippen LogP contribution in [0.2, 0.25) is 0 Å². The summed E-state index contributed by atoms with van der Waals surface area (Å²) < 4.78 is 20.5. The number of halogens is 2. The van der Waals surface area contributed by atoms with Gasteiger partial charge < -0.3 is 10.1 Å². The molecule has 0 aliphatic heterocycles. The van der Waals surface area contributed by atoms with E-state index < -0.39 is 0 Å². The Morgan fingerprint density at radius 3 is 2.63 bits per heavy atom. The van der Waals surface area contributed by atoms with Crippen molar-refractivity contribution in [1.82, 2.24) is 5.32 Å². The van der Waals surface area contributed by atoms with Gasteiger partial charge in [0.1, 0.15) is 5.82 Å². The van der Waals surface area contributed by atoms with Gasteiger partial charge in [0.05, 0.1) is 5.60 Å². The van der Waals surface area contributed by atoms with Crippen LogP contribution in [0.3, 0.4) is 0 Å². The Balaban J connectivity index is 2.18. The predicted octanol–water partition coefficient (Wildman–Crippen LogP) is 3.68. The number of ether oxygens (including phenoxy) is 1. The van der Waals surface area contributed by atoms with E-state index in [1.54, 1.807) is 7.11 Å². The average Bonchev–Trinajstić information content (AvgIpc) is 2.88. The van der Waals surface area contributed by atoms with Crippen LogP contribution in [0.15, 0.2) is 22.7 Å². The molecule has 0 spiro atoms. The Labute approximate surface area is 122 Å². The first-order chi connectivity index (χ1) is 9.11. The fourth-order valence-corrected chi connectivity index (χ4v) is 3.46. The van der Waals surface area contributed by atoms with Crippen LogP contribution in [0.4, 0.5) is 4.39 Å². The fraction of sp³-hybridized carbons (Fsp3) is 0.600. The Hall–Kier alpha value is -0.450. The fourth-order valence-electron chi connectivity index (χ4n) is 3.13. The van der Waals surface area contributed by atoms with Gasteiger partial charge in [0.2, 0.25) is 0 Å². The Morgan fingerprint density at radius 1 is 1.42 bits per heavy atom. The van der Waals surface area contributed by atoms with E-state index in [0.29, 0.717) is 6.42 Å². The predicted molar refractivity (Wildman–Crippen MR) is 78.9 cm³/mol. The van der Waals surface area contributed by atoms with E-state index in [9.17, 15) is 4.39 Å². The summed E-state index contributed by atoms with van der Waals surface area (Å²) >= 11 is 3.29. The van der Waals surface area contributed by atoms with Gasteiger partial charge in [-0.15, -0.1) is 0 Å². The van der Waals surface area contributed by atoms with Crippen molar-refractivity contribution in [2.45, 2.75) is 43.7 Å². The van der Waals surface area contributed by atoms with Gasteiger partial charge in [-0.3, -0.25) is 0 Å². The molecule has 19 heavy (non-hydrogen) atoms. The van der Waals surface area contributed by atoms with Crippen LogP contribution in [-0.2, 0) is 11.2 Å². The molecule has 1 fully saturated rings. The molecule has 0 heterocycles. The van der Waals surface area contributed by atoms with Crippen molar-refractivity contribution in [3.8, 4) is 0 Å². The largest absolute Gasteiger partial charge is 0.377 e. The third-order valence-electron chi connectivity index (χ3n) is 4.28. The van der Waals surface area contributed by atoms with Crippen LogP contribution < -0.4 is 5.32 Å². The Morgan fingerprint density at radius 2 is 2.11 bits per heavy atom. The van der Waals surface area contributed by atoms with E-state index >= 15 is 0 Å². The maximum absolute atomic E-state index is 14.0. The first-order valence-corrected chi connectivity index (χ1v) is 7.57. The topological polar surface area (TPSA) is 21.3 Å². The lowest BCUT2D eigenvalue weighted by Gasteiger charge is -2.36. The van der Waals surface area contributed by atoms with E-state index in [2.05, 4.69) is 21.2 Å². The number of methoxy groups -OCH3 is 1. The van der Waals surface area contributed by atoms with Gasteiger partial charge in [-0.25, -0.2) is 4.39 Å². The Bertz CT molecular complexity index is 432. The highest BCUT2D eigenvalue weighted by atomic mass is 79.9. The van der Waals surface area contributed by atoms with Crippen LogP contribution in [0.25, 0.3) is 0 Å². The van der Waals surface area contributed by atoms with E-state index in [4.69, 9.17) is 4.74 Å². The van der Waals surface area contributed by atoms with Crippen molar-refractivity contribution in [1.29, 1.82) is 0 Å². The van der Waals surface area contributed by atoms with Gasteiger partial charge in [0.15, 0.2) is 0 Å². The molecule has 1 atom stereocenters. The molecule has 0 radical (unpaired) electrons. The molecule has 0 aromatic heterocycles.